The lowest BCUT2D eigenvalue weighted by Crippen LogP contribution is -2.37. The highest BCUT2D eigenvalue weighted by Crippen LogP contribution is 2.14. The van der Waals surface area contributed by atoms with Gasteiger partial charge in [0.15, 0.2) is 5.78 Å². The Morgan fingerprint density at radius 2 is 1.94 bits per heavy atom. The minimum Gasteiger partial charge on any atom is -0.497 e. The fraction of sp³-hybridized carbons (Fsp3) is 0.429. The minimum absolute atomic E-state index is 0.00324. The predicted molar refractivity (Wildman–Crippen MR) is 69.8 cm³/mol. The van der Waals surface area contributed by atoms with Gasteiger partial charge in [-0.25, -0.2) is 0 Å². The van der Waals surface area contributed by atoms with Gasteiger partial charge in [0.05, 0.1) is 13.7 Å². The SMILES string of the molecule is COc1cccc(C(=O)CNC(=O)C(C)(C)C)c1. The third kappa shape index (κ3) is 3.87. The van der Waals surface area contributed by atoms with Gasteiger partial charge in [-0.1, -0.05) is 32.9 Å². The van der Waals surface area contributed by atoms with E-state index < -0.39 is 5.41 Å². The Kier molecular flexibility index (Phi) is 4.48. The van der Waals surface area contributed by atoms with Gasteiger partial charge in [-0.3, -0.25) is 9.59 Å². The molecule has 18 heavy (non-hydrogen) atoms. The first kappa shape index (κ1) is 14.2. The number of ketones is 1. The molecule has 0 saturated carbocycles. The van der Waals surface area contributed by atoms with Crippen LogP contribution in [0.5, 0.6) is 5.75 Å². The molecule has 0 aliphatic heterocycles. The van der Waals surface area contributed by atoms with E-state index in [4.69, 9.17) is 4.74 Å². The van der Waals surface area contributed by atoms with Crippen molar-refractivity contribution in [1.29, 1.82) is 0 Å². The van der Waals surface area contributed by atoms with Crippen molar-refractivity contribution in [1.82, 2.24) is 5.32 Å². The lowest BCUT2D eigenvalue weighted by molar-refractivity contribution is -0.128. The summed E-state index contributed by atoms with van der Waals surface area (Å²) in [6.07, 6.45) is 0. The van der Waals surface area contributed by atoms with E-state index in [1.807, 2.05) is 0 Å². The molecular formula is C14H19NO3. The molecule has 1 N–H and O–H groups in total. The number of rotatable bonds is 4. The summed E-state index contributed by atoms with van der Waals surface area (Å²) in [5.41, 5.74) is 0.0397. The van der Waals surface area contributed by atoms with Crippen molar-refractivity contribution in [3.8, 4) is 5.75 Å². The molecule has 98 valence electrons. The van der Waals surface area contributed by atoms with Crippen molar-refractivity contribution >= 4 is 11.7 Å². The fourth-order valence-corrected chi connectivity index (χ4v) is 1.32. The number of amides is 1. The number of benzene rings is 1. The van der Waals surface area contributed by atoms with Gasteiger partial charge in [0.1, 0.15) is 5.75 Å². The van der Waals surface area contributed by atoms with E-state index in [-0.39, 0.29) is 18.2 Å². The number of methoxy groups -OCH3 is 1. The maximum absolute atomic E-state index is 11.9. The zero-order valence-corrected chi connectivity index (χ0v) is 11.2. The maximum Gasteiger partial charge on any atom is 0.225 e. The molecule has 4 heteroatoms. The molecule has 1 amide bonds. The Hall–Kier alpha value is -1.84. The van der Waals surface area contributed by atoms with Gasteiger partial charge in [0.2, 0.25) is 5.91 Å². The van der Waals surface area contributed by atoms with Gasteiger partial charge in [0, 0.05) is 11.0 Å². The third-order valence-electron chi connectivity index (χ3n) is 2.48. The number of ether oxygens (including phenoxy) is 1. The highest BCUT2D eigenvalue weighted by atomic mass is 16.5. The van der Waals surface area contributed by atoms with Gasteiger partial charge in [-0.15, -0.1) is 0 Å². The van der Waals surface area contributed by atoms with Crippen LogP contribution >= 0.6 is 0 Å². The van der Waals surface area contributed by atoms with Gasteiger partial charge < -0.3 is 10.1 Å². The van der Waals surface area contributed by atoms with Crippen LogP contribution in [0.25, 0.3) is 0 Å². The second-order valence-electron chi connectivity index (χ2n) is 5.09. The van der Waals surface area contributed by atoms with E-state index in [0.29, 0.717) is 11.3 Å². The Morgan fingerprint density at radius 3 is 2.50 bits per heavy atom. The van der Waals surface area contributed by atoms with Crippen LogP contribution in [0.3, 0.4) is 0 Å². The largest absolute Gasteiger partial charge is 0.497 e. The second kappa shape index (κ2) is 5.67. The maximum atomic E-state index is 11.9. The van der Waals surface area contributed by atoms with Crippen LogP contribution in [-0.2, 0) is 4.79 Å². The lowest BCUT2D eigenvalue weighted by atomic mass is 9.95. The number of nitrogens with one attached hydrogen (secondary N) is 1. The summed E-state index contributed by atoms with van der Waals surface area (Å²) >= 11 is 0. The molecular weight excluding hydrogens is 230 g/mol. The minimum atomic E-state index is -0.491. The molecule has 0 spiro atoms. The Labute approximate surface area is 107 Å². The molecule has 0 atom stereocenters. The summed E-state index contributed by atoms with van der Waals surface area (Å²) in [4.78, 5) is 23.5. The van der Waals surface area contributed by atoms with E-state index >= 15 is 0 Å². The van der Waals surface area contributed by atoms with Crippen LogP contribution in [0.1, 0.15) is 31.1 Å². The van der Waals surface area contributed by atoms with E-state index in [1.54, 1.807) is 52.1 Å². The third-order valence-corrected chi connectivity index (χ3v) is 2.48. The highest BCUT2D eigenvalue weighted by Gasteiger charge is 2.21. The van der Waals surface area contributed by atoms with Gasteiger partial charge in [0.25, 0.3) is 0 Å². The standard InChI is InChI=1S/C14H19NO3/c1-14(2,3)13(17)15-9-12(16)10-6-5-7-11(8-10)18-4/h5-8H,9H2,1-4H3,(H,15,17). The quantitative estimate of drug-likeness (QED) is 0.831. The molecule has 0 aliphatic rings. The van der Waals surface area contributed by atoms with Crippen LogP contribution in [0, 0.1) is 5.41 Å². The van der Waals surface area contributed by atoms with E-state index in [1.165, 1.54) is 0 Å². The molecule has 0 saturated heterocycles. The van der Waals surface area contributed by atoms with Crippen molar-refractivity contribution in [2.75, 3.05) is 13.7 Å². The first-order valence-corrected chi connectivity index (χ1v) is 5.80. The normalized spacial score (nSPS) is 10.9. The topological polar surface area (TPSA) is 55.4 Å². The number of carbonyl (C=O) groups excluding carboxylic acids is 2. The predicted octanol–water partition coefficient (Wildman–Crippen LogP) is 2.04. The zero-order chi connectivity index (χ0) is 13.8. The molecule has 0 unspecified atom stereocenters. The zero-order valence-electron chi connectivity index (χ0n) is 11.2. The Bertz CT molecular complexity index is 447. The molecule has 4 nitrogen and oxygen atoms in total. The smallest absolute Gasteiger partial charge is 0.225 e. The van der Waals surface area contributed by atoms with Gasteiger partial charge in [-0.05, 0) is 12.1 Å². The molecule has 0 aliphatic carbocycles. The van der Waals surface area contributed by atoms with Crippen molar-refractivity contribution in [2.24, 2.45) is 5.41 Å². The molecule has 0 fully saturated rings. The van der Waals surface area contributed by atoms with Crippen LogP contribution in [0.4, 0.5) is 0 Å². The van der Waals surface area contributed by atoms with Crippen molar-refractivity contribution in [3.05, 3.63) is 29.8 Å². The van der Waals surface area contributed by atoms with E-state index in [0.717, 1.165) is 0 Å². The fourth-order valence-electron chi connectivity index (χ4n) is 1.32. The summed E-state index contributed by atoms with van der Waals surface area (Å²) in [6, 6.07) is 6.88. The summed E-state index contributed by atoms with van der Waals surface area (Å²) < 4.78 is 5.05. The molecule has 0 aromatic heterocycles. The number of hydrogen-bond acceptors (Lipinski definition) is 3. The van der Waals surface area contributed by atoms with E-state index in [9.17, 15) is 9.59 Å². The second-order valence-corrected chi connectivity index (χ2v) is 5.09. The van der Waals surface area contributed by atoms with Crippen molar-refractivity contribution in [2.45, 2.75) is 20.8 Å². The number of Topliss-reactive ketones (excluding diaryl/α,β-unsaturated/α-hetero) is 1. The van der Waals surface area contributed by atoms with E-state index in [2.05, 4.69) is 5.32 Å². The van der Waals surface area contributed by atoms with Crippen LogP contribution in [0.15, 0.2) is 24.3 Å². The monoisotopic (exact) mass is 249 g/mol. The number of carbonyl (C=O) groups is 2. The van der Waals surface area contributed by atoms with Crippen LogP contribution in [-0.4, -0.2) is 25.3 Å². The molecule has 0 heterocycles. The van der Waals surface area contributed by atoms with Crippen LogP contribution in [0.2, 0.25) is 0 Å². The number of hydrogen-bond donors (Lipinski definition) is 1. The lowest BCUT2D eigenvalue weighted by Gasteiger charge is -2.17. The summed E-state index contributed by atoms with van der Waals surface area (Å²) in [6.45, 7) is 5.42. The molecule has 1 aromatic rings. The Balaban J connectivity index is 2.63. The van der Waals surface area contributed by atoms with Crippen LogP contribution < -0.4 is 10.1 Å². The molecule has 1 aromatic carbocycles. The van der Waals surface area contributed by atoms with Crippen molar-refractivity contribution < 1.29 is 14.3 Å². The summed E-state index contributed by atoms with van der Waals surface area (Å²) in [5.74, 6) is 0.355. The average molecular weight is 249 g/mol. The van der Waals surface area contributed by atoms with Gasteiger partial charge in [-0.2, -0.15) is 0 Å². The first-order valence-electron chi connectivity index (χ1n) is 5.80. The summed E-state index contributed by atoms with van der Waals surface area (Å²) in [7, 11) is 1.55. The Morgan fingerprint density at radius 1 is 1.28 bits per heavy atom. The molecule has 1 rings (SSSR count). The average Bonchev–Trinajstić information content (AvgIpc) is 2.34. The highest BCUT2D eigenvalue weighted by molar-refractivity contribution is 6.00. The summed E-state index contributed by atoms with van der Waals surface area (Å²) in [5, 5.41) is 2.63. The molecule has 0 radical (unpaired) electrons. The first-order chi connectivity index (χ1) is 8.34. The van der Waals surface area contributed by atoms with Crippen molar-refractivity contribution in [3.63, 3.8) is 0 Å². The molecule has 0 bridgehead atoms. The van der Waals surface area contributed by atoms with Gasteiger partial charge >= 0.3 is 0 Å².